The Balaban J connectivity index is 1.82. The number of thioether (sulfide) groups is 1. The van der Waals surface area contributed by atoms with E-state index in [-0.39, 0.29) is 0 Å². The van der Waals surface area contributed by atoms with Crippen molar-refractivity contribution in [3.8, 4) is 0 Å². The highest BCUT2D eigenvalue weighted by Gasteiger charge is 2.12. The molecule has 2 aromatic carbocycles. The van der Waals surface area contributed by atoms with Crippen molar-refractivity contribution in [2.24, 2.45) is 5.10 Å². The van der Waals surface area contributed by atoms with E-state index in [1.165, 1.54) is 10.5 Å². The summed E-state index contributed by atoms with van der Waals surface area (Å²) in [5, 5.41) is 6.50. The Labute approximate surface area is 153 Å². The maximum atomic E-state index is 4.68. The zero-order chi connectivity index (χ0) is 17.5. The summed E-state index contributed by atoms with van der Waals surface area (Å²) >= 11 is 1.86. The summed E-state index contributed by atoms with van der Waals surface area (Å²) < 4.78 is 1.95. The van der Waals surface area contributed by atoms with Crippen LogP contribution in [0.1, 0.15) is 11.1 Å². The Bertz CT molecular complexity index is 811. The van der Waals surface area contributed by atoms with Crippen LogP contribution in [0, 0.1) is 0 Å². The van der Waals surface area contributed by atoms with Crippen LogP contribution >= 0.6 is 11.8 Å². The number of aromatic nitrogens is 2. The molecule has 1 heterocycles. The van der Waals surface area contributed by atoms with Gasteiger partial charge >= 0.3 is 0 Å². The van der Waals surface area contributed by atoms with Crippen molar-refractivity contribution >= 4 is 17.6 Å². The Morgan fingerprint density at radius 2 is 1.84 bits per heavy atom. The average Bonchev–Trinajstić information content (AvgIpc) is 3.15. The van der Waals surface area contributed by atoms with Crippen LogP contribution in [0.25, 0.3) is 0 Å². The van der Waals surface area contributed by atoms with Crippen LogP contribution in [0.5, 0.6) is 0 Å². The first-order valence-electron chi connectivity index (χ1n) is 8.24. The van der Waals surface area contributed by atoms with E-state index in [0.717, 1.165) is 23.6 Å². The highest BCUT2D eigenvalue weighted by atomic mass is 32.2. The second-order valence-electron chi connectivity index (χ2n) is 5.82. The molecule has 0 fully saturated rings. The Hall–Kier alpha value is -2.53. The molecule has 0 unspecified atom stereocenters. The molecule has 0 aliphatic carbocycles. The third kappa shape index (κ3) is 4.73. The Morgan fingerprint density at radius 3 is 2.56 bits per heavy atom. The van der Waals surface area contributed by atoms with E-state index in [1.807, 2.05) is 41.6 Å². The van der Waals surface area contributed by atoms with Gasteiger partial charge in [-0.3, -0.25) is 4.57 Å². The van der Waals surface area contributed by atoms with Gasteiger partial charge < -0.3 is 5.01 Å². The molecule has 0 bridgehead atoms. The summed E-state index contributed by atoms with van der Waals surface area (Å²) in [6.45, 7) is 0. The molecule has 0 radical (unpaired) electrons. The molecule has 1 aromatic heterocycles. The fourth-order valence-corrected chi connectivity index (χ4v) is 3.57. The van der Waals surface area contributed by atoms with E-state index in [1.54, 1.807) is 12.5 Å². The number of benzene rings is 2. The predicted octanol–water partition coefficient (Wildman–Crippen LogP) is 3.99. The quantitative estimate of drug-likeness (QED) is 0.292. The minimum Gasteiger partial charge on any atom is -0.301 e. The molecule has 0 spiro atoms. The Morgan fingerprint density at radius 1 is 1.08 bits per heavy atom. The highest BCUT2D eigenvalue weighted by Crippen LogP contribution is 2.25. The van der Waals surface area contributed by atoms with E-state index < -0.39 is 0 Å². The summed E-state index contributed by atoms with van der Waals surface area (Å²) in [6.07, 6.45) is 6.53. The van der Waals surface area contributed by atoms with Gasteiger partial charge in [-0.1, -0.05) is 48.5 Å². The van der Waals surface area contributed by atoms with Crippen molar-refractivity contribution in [1.82, 2.24) is 14.6 Å². The summed E-state index contributed by atoms with van der Waals surface area (Å²) in [5.74, 6) is 1.91. The lowest BCUT2D eigenvalue weighted by Gasteiger charge is -2.15. The molecule has 5 heteroatoms. The smallest absolute Gasteiger partial charge is 0.166 e. The van der Waals surface area contributed by atoms with Crippen LogP contribution in [0.3, 0.4) is 0 Å². The van der Waals surface area contributed by atoms with Crippen LogP contribution in [0.4, 0.5) is 0 Å². The largest absolute Gasteiger partial charge is 0.301 e. The lowest BCUT2D eigenvalue weighted by Crippen LogP contribution is -2.18. The third-order valence-corrected chi connectivity index (χ3v) is 4.74. The molecule has 128 valence electrons. The van der Waals surface area contributed by atoms with E-state index in [0.29, 0.717) is 0 Å². The topological polar surface area (TPSA) is 33.4 Å². The van der Waals surface area contributed by atoms with Crippen LogP contribution in [-0.4, -0.2) is 40.2 Å². The molecule has 0 aliphatic rings. The van der Waals surface area contributed by atoms with Crippen LogP contribution < -0.4 is 0 Å². The van der Waals surface area contributed by atoms with E-state index >= 15 is 0 Å². The Kier molecular flexibility index (Phi) is 5.90. The van der Waals surface area contributed by atoms with Gasteiger partial charge in [0.2, 0.25) is 0 Å². The number of rotatable bonds is 6. The fraction of sp³-hybridized carbons (Fsp3) is 0.200. The molecule has 3 rings (SSSR count). The minimum atomic E-state index is 0.880. The second-order valence-corrected chi connectivity index (χ2v) is 6.96. The molecule has 3 aromatic rings. The number of hydrogen-bond acceptors (Lipinski definition) is 4. The second kappa shape index (κ2) is 8.53. The van der Waals surface area contributed by atoms with Gasteiger partial charge in [0, 0.05) is 42.7 Å². The molecule has 25 heavy (non-hydrogen) atoms. The van der Waals surface area contributed by atoms with Crippen molar-refractivity contribution in [2.45, 2.75) is 11.3 Å². The first-order valence-corrected chi connectivity index (χ1v) is 9.23. The lowest BCUT2D eigenvalue weighted by molar-refractivity contribution is 0.435. The van der Waals surface area contributed by atoms with Gasteiger partial charge in [-0.15, -0.1) is 11.8 Å². The standard InChI is InChI=1S/C20H22N4S/c1-23(2)22-20(24-14-13-21-16-24)18-10-6-7-11-19(18)25-15-12-17-8-4-3-5-9-17/h3-11,13-14,16H,12,15H2,1-2H3. The van der Waals surface area contributed by atoms with Gasteiger partial charge in [-0.05, 0) is 18.1 Å². The van der Waals surface area contributed by atoms with Gasteiger partial charge in [0.05, 0.1) is 0 Å². The molecule has 0 saturated heterocycles. The SMILES string of the molecule is CN(C)N=C(c1ccccc1SCCc1ccccc1)n1ccnc1. The molecular formula is C20H22N4S. The van der Waals surface area contributed by atoms with Crippen molar-refractivity contribution < 1.29 is 0 Å². The number of nitrogens with zero attached hydrogens (tertiary/aromatic N) is 4. The molecular weight excluding hydrogens is 328 g/mol. The predicted molar refractivity (Wildman–Crippen MR) is 105 cm³/mol. The summed E-state index contributed by atoms with van der Waals surface area (Å²) in [5.41, 5.74) is 2.48. The number of imidazole rings is 1. The number of hydrazone groups is 1. The van der Waals surface area contributed by atoms with Crippen molar-refractivity contribution in [3.05, 3.63) is 84.4 Å². The molecule has 0 N–H and O–H groups in total. The number of aryl methyl sites for hydroxylation is 1. The van der Waals surface area contributed by atoms with Crippen LogP contribution in [0.2, 0.25) is 0 Å². The van der Waals surface area contributed by atoms with Gasteiger partial charge in [-0.25, -0.2) is 4.98 Å². The molecule has 4 nitrogen and oxygen atoms in total. The monoisotopic (exact) mass is 350 g/mol. The first-order chi connectivity index (χ1) is 12.2. The maximum Gasteiger partial charge on any atom is 0.166 e. The lowest BCUT2D eigenvalue weighted by atomic mass is 10.2. The summed E-state index contributed by atoms with van der Waals surface area (Å²) in [4.78, 5) is 5.39. The minimum absolute atomic E-state index is 0.880. The average molecular weight is 350 g/mol. The van der Waals surface area contributed by atoms with Crippen molar-refractivity contribution in [2.75, 3.05) is 19.8 Å². The van der Waals surface area contributed by atoms with Crippen molar-refractivity contribution in [1.29, 1.82) is 0 Å². The molecule has 0 aliphatic heterocycles. The van der Waals surface area contributed by atoms with Crippen LogP contribution in [0.15, 0.2) is 83.3 Å². The fourth-order valence-electron chi connectivity index (χ4n) is 2.52. The first kappa shape index (κ1) is 17.3. The van der Waals surface area contributed by atoms with Gasteiger partial charge in [-0.2, -0.15) is 5.10 Å². The molecule has 0 atom stereocenters. The number of hydrogen-bond donors (Lipinski definition) is 0. The summed E-state index contributed by atoms with van der Waals surface area (Å²) in [6, 6.07) is 19.0. The van der Waals surface area contributed by atoms with E-state index in [9.17, 15) is 0 Å². The van der Waals surface area contributed by atoms with E-state index in [2.05, 4.69) is 64.7 Å². The molecule has 0 amide bonds. The van der Waals surface area contributed by atoms with Gasteiger partial charge in [0.15, 0.2) is 5.84 Å². The van der Waals surface area contributed by atoms with E-state index in [4.69, 9.17) is 0 Å². The van der Waals surface area contributed by atoms with Crippen molar-refractivity contribution in [3.63, 3.8) is 0 Å². The zero-order valence-corrected chi connectivity index (χ0v) is 15.4. The van der Waals surface area contributed by atoms with Crippen LogP contribution in [-0.2, 0) is 6.42 Å². The molecule has 0 saturated carbocycles. The third-order valence-electron chi connectivity index (χ3n) is 3.66. The van der Waals surface area contributed by atoms with Gasteiger partial charge in [0.25, 0.3) is 0 Å². The van der Waals surface area contributed by atoms with Gasteiger partial charge in [0.1, 0.15) is 6.33 Å². The normalized spacial score (nSPS) is 11.5. The summed E-state index contributed by atoms with van der Waals surface area (Å²) in [7, 11) is 3.87. The maximum absolute atomic E-state index is 4.68. The zero-order valence-electron chi connectivity index (χ0n) is 14.5. The highest BCUT2D eigenvalue weighted by molar-refractivity contribution is 7.99.